The SMILES string of the molecule is NCC(=O)NCCCN1CCCCCC1=O. The maximum Gasteiger partial charge on any atom is 0.233 e. The van der Waals surface area contributed by atoms with Crippen LogP contribution >= 0.6 is 0 Å². The largest absolute Gasteiger partial charge is 0.355 e. The highest BCUT2D eigenvalue weighted by Gasteiger charge is 2.15. The van der Waals surface area contributed by atoms with E-state index in [1.165, 1.54) is 0 Å². The van der Waals surface area contributed by atoms with Gasteiger partial charge in [-0.25, -0.2) is 0 Å². The number of likely N-dealkylation sites (tertiary alicyclic amines) is 1. The zero-order chi connectivity index (χ0) is 11.8. The summed E-state index contributed by atoms with van der Waals surface area (Å²) in [6.45, 7) is 2.23. The van der Waals surface area contributed by atoms with E-state index < -0.39 is 0 Å². The van der Waals surface area contributed by atoms with Gasteiger partial charge in [0.15, 0.2) is 0 Å². The van der Waals surface area contributed by atoms with Crippen LogP contribution in [0.25, 0.3) is 0 Å². The van der Waals surface area contributed by atoms with Gasteiger partial charge in [-0.2, -0.15) is 0 Å². The van der Waals surface area contributed by atoms with E-state index in [-0.39, 0.29) is 18.4 Å². The number of hydrogen-bond acceptors (Lipinski definition) is 3. The van der Waals surface area contributed by atoms with Gasteiger partial charge in [0, 0.05) is 26.1 Å². The molecule has 0 aromatic carbocycles. The minimum Gasteiger partial charge on any atom is -0.355 e. The third-order valence-corrected chi connectivity index (χ3v) is 2.78. The van der Waals surface area contributed by atoms with E-state index >= 15 is 0 Å². The highest BCUT2D eigenvalue weighted by molar-refractivity contribution is 5.77. The summed E-state index contributed by atoms with van der Waals surface area (Å²) in [4.78, 5) is 24.4. The van der Waals surface area contributed by atoms with Crippen molar-refractivity contribution in [2.24, 2.45) is 5.73 Å². The molecule has 16 heavy (non-hydrogen) atoms. The highest BCUT2D eigenvalue weighted by atomic mass is 16.2. The molecule has 1 aliphatic heterocycles. The number of carbonyl (C=O) groups is 2. The van der Waals surface area contributed by atoms with Crippen molar-refractivity contribution in [2.45, 2.75) is 32.1 Å². The molecule has 3 N–H and O–H groups in total. The highest BCUT2D eigenvalue weighted by Crippen LogP contribution is 2.10. The van der Waals surface area contributed by atoms with Crippen molar-refractivity contribution in [3.8, 4) is 0 Å². The van der Waals surface area contributed by atoms with Crippen LogP contribution in [0.5, 0.6) is 0 Å². The fourth-order valence-electron chi connectivity index (χ4n) is 1.84. The molecule has 1 rings (SSSR count). The van der Waals surface area contributed by atoms with Crippen LogP contribution in [0.4, 0.5) is 0 Å². The lowest BCUT2D eigenvalue weighted by molar-refractivity contribution is -0.130. The second-order valence-electron chi connectivity index (χ2n) is 4.10. The fraction of sp³-hybridized carbons (Fsp3) is 0.818. The first-order chi connectivity index (χ1) is 7.74. The third kappa shape index (κ3) is 4.61. The number of nitrogens with two attached hydrogens (primary N) is 1. The lowest BCUT2D eigenvalue weighted by Crippen LogP contribution is -2.35. The molecular formula is C11H21N3O2. The van der Waals surface area contributed by atoms with Gasteiger partial charge in [-0.1, -0.05) is 6.42 Å². The topological polar surface area (TPSA) is 75.4 Å². The van der Waals surface area contributed by atoms with Crippen LogP contribution in [0, 0.1) is 0 Å². The summed E-state index contributed by atoms with van der Waals surface area (Å²) in [5, 5.41) is 2.70. The molecule has 92 valence electrons. The van der Waals surface area contributed by atoms with Crippen molar-refractivity contribution in [1.82, 2.24) is 10.2 Å². The number of hydrogen-bond donors (Lipinski definition) is 2. The summed E-state index contributed by atoms with van der Waals surface area (Å²) < 4.78 is 0. The van der Waals surface area contributed by atoms with Crippen LogP contribution in [0.1, 0.15) is 32.1 Å². The fourth-order valence-corrected chi connectivity index (χ4v) is 1.84. The molecule has 0 atom stereocenters. The second kappa shape index (κ2) is 7.22. The van der Waals surface area contributed by atoms with Gasteiger partial charge in [0.25, 0.3) is 0 Å². The Labute approximate surface area is 96.4 Å². The Kier molecular flexibility index (Phi) is 5.85. The molecule has 5 heteroatoms. The molecule has 0 spiro atoms. The Balaban J connectivity index is 2.15. The normalized spacial score (nSPS) is 17.1. The standard InChI is InChI=1S/C11H21N3O2/c12-9-10(15)13-6-4-8-14-7-3-1-2-5-11(14)16/h1-9,12H2,(H,13,15). The zero-order valence-corrected chi connectivity index (χ0v) is 9.71. The summed E-state index contributed by atoms with van der Waals surface area (Å²) in [7, 11) is 0. The zero-order valence-electron chi connectivity index (χ0n) is 9.71. The predicted molar refractivity (Wildman–Crippen MR) is 61.7 cm³/mol. The van der Waals surface area contributed by atoms with Crippen molar-refractivity contribution >= 4 is 11.8 Å². The minimum absolute atomic E-state index is 0.0304. The van der Waals surface area contributed by atoms with Gasteiger partial charge in [0.05, 0.1) is 6.54 Å². The summed E-state index contributed by atoms with van der Waals surface area (Å²) in [6.07, 6.45) is 4.74. The summed E-state index contributed by atoms with van der Waals surface area (Å²) in [6, 6.07) is 0. The Morgan fingerprint density at radius 1 is 1.38 bits per heavy atom. The van der Waals surface area contributed by atoms with Gasteiger partial charge in [0.2, 0.25) is 11.8 Å². The third-order valence-electron chi connectivity index (χ3n) is 2.78. The van der Waals surface area contributed by atoms with E-state index in [4.69, 9.17) is 5.73 Å². The lowest BCUT2D eigenvalue weighted by Gasteiger charge is -2.20. The molecule has 1 fully saturated rings. The van der Waals surface area contributed by atoms with E-state index in [2.05, 4.69) is 5.32 Å². The smallest absolute Gasteiger partial charge is 0.233 e. The lowest BCUT2D eigenvalue weighted by atomic mass is 10.2. The second-order valence-corrected chi connectivity index (χ2v) is 4.10. The number of carbonyl (C=O) groups excluding carboxylic acids is 2. The Bertz CT molecular complexity index is 243. The van der Waals surface area contributed by atoms with Gasteiger partial charge in [0.1, 0.15) is 0 Å². The van der Waals surface area contributed by atoms with Crippen molar-refractivity contribution in [3.63, 3.8) is 0 Å². The Morgan fingerprint density at radius 2 is 2.19 bits per heavy atom. The molecule has 0 bridgehead atoms. The van der Waals surface area contributed by atoms with Crippen LogP contribution < -0.4 is 11.1 Å². The maximum atomic E-state index is 11.6. The van der Waals surface area contributed by atoms with Gasteiger partial charge in [-0.15, -0.1) is 0 Å². The van der Waals surface area contributed by atoms with Crippen LogP contribution in [0.2, 0.25) is 0 Å². The average molecular weight is 227 g/mol. The number of nitrogens with one attached hydrogen (secondary N) is 1. The molecule has 0 saturated carbocycles. The number of nitrogens with zero attached hydrogens (tertiary/aromatic N) is 1. The molecule has 0 unspecified atom stereocenters. The monoisotopic (exact) mass is 227 g/mol. The van der Waals surface area contributed by atoms with Gasteiger partial charge < -0.3 is 16.0 Å². The minimum atomic E-state index is -0.137. The molecule has 1 saturated heterocycles. The predicted octanol–water partition coefficient (Wildman–Crippen LogP) is -0.146. The molecule has 0 aromatic heterocycles. The Morgan fingerprint density at radius 3 is 2.94 bits per heavy atom. The molecule has 0 aromatic rings. The van der Waals surface area contributed by atoms with Crippen molar-refractivity contribution in [1.29, 1.82) is 0 Å². The quantitative estimate of drug-likeness (QED) is 0.642. The van der Waals surface area contributed by atoms with E-state index in [1.54, 1.807) is 0 Å². The number of rotatable bonds is 5. The van der Waals surface area contributed by atoms with Crippen LogP contribution in [0.15, 0.2) is 0 Å². The molecule has 1 aliphatic rings. The summed E-state index contributed by atoms with van der Waals surface area (Å²) in [5.74, 6) is 0.116. The molecule has 5 nitrogen and oxygen atoms in total. The van der Waals surface area contributed by atoms with Crippen LogP contribution in [-0.2, 0) is 9.59 Å². The first kappa shape index (κ1) is 13.0. The molecule has 0 radical (unpaired) electrons. The molecule has 1 heterocycles. The van der Waals surface area contributed by atoms with Crippen LogP contribution in [0.3, 0.4) is 0 Å². The first-order valence-corrected chi connectivity index (χ1v) is 5.98. The van der Waals surface area contributed by atoms with Crippen molar-refractivity contribution < 1.29 is 9.59 Å². The van der Waals surface area contributed by atoms with E-state index in [9.17, 15) is 9.59 Å². The van der Waals surface area contributed by atoms with Crippen molar-refractivity contribution in [3.05, 3.63) is 0 Å². The van der Waals surface area contributed by atoms with E-state index in [1.807, 2.05) is 4.90 Å². The average Bonchev–Trinajstić information content (AvgIpc) is 2.49. The van der Waals surface area contributed by atoms with E-state index in [0.717, 1.165) is 38.8 Å². The number of amides is 2. The molecule has 0 aliphatic carbocycles. The van der Waals surface area contributed by atoms with Gasteiger partial charge in [-0.3, -0.25) is 9.59 Å². The maximum absolute atomic E-state index is 11.6. The van der Waals surface area contributed by atoms with Crippen molar-refractivity contribution in [2.75, 3.05) is 26.2 Å². The van der Waals surface area contributed by atoms with E-state index in [0.29, 0.717) is 13.0 Å². The van der Waals surface area contributed by atoms with Crippen LogP contribution in [-0.4, -0.2) is 42.9 Å². The van der Waals surface area contributed by atoms with Gasteiger partial charge >= 0.3 is 0 Å². The van der Waals surface area contributed by atoms with Gasteiger partial charge in [-0.05, 0) is 19.3 Å². The summed E-state index contributed by atoms with van der Waals surface area (Å²) in [5.41, 5.74) is 5.16. The molecule has 2 amide bonds. The molecular weight excluding hydrogens is 206 g/mol. The Hall–Kier alpha value is -1.10. The summed E-state index contributed by atoms with van der Waals surface area (Å²) >= 11 is 0. The first-order valence-electron chi connectivity index (χ1n) is 5.98.